The van der Waals surface area contributed by atoms with E-state index >= 15 is 0 Å². The van der Waals surface area contributed by atoms with Crippen molar-refractivity contribution < 1.29 is 19.1 Å². The van der Waals surface area contributed by atoms with E-state index in [-0.39, 0.29) is 5.91 Å². The zero-order valence-electron chi connectivity index (χ0n) is 12.1. The summed E-state index contributed by atoms with van der Waals surface area (Å²) in [5.74, 6) is -0.293. The molecule has 6 heteroatoms. The number of hydrogen-bond donors (Lipinski definition) is 1. The molecule has 0 saturated carbocycles. The lowest BCUT2D eigenvalue weighted by molar-refractivity contribution is 0.0600. The molecule has 2 aromatic rings. The van der Waals surface area contributed by atoms with E-state index in [9.17, 15) is 9.59 Å². The molecule has 0 spiro atoms. The third-order valence-electron chi connectivity index (χ3n) is 2.97. The van der Waals surface area contributed by atoms with Crippen LogP contribution in [-0.2, 0) is 4.74 Å². The molecule has 0 unspecified atom stereocenters. The Morgan fingerprint density at radius 1 is 1.05 bits per heavy atom. The van der Waals surface area contributed by atoms with Crippen LogP contribution >= 0.6 is 11.6 Å². The summed E-state index contributed by atoms with van der Waals surface area (Å²) in [5.41, 5.74) is 1.05. The Kier molecular flexibility index (Phi) is 5.01. The number of benzene rings is 2. The summed E-state index contributed by atoms with van der Waals surface area (Å²) >= 11 is 6.04. The summed E-state index contributed by atoms with van der Waals surface area (Å²) in [4.78, 5) is 23.8. The number of rotatable bonds is 4. The first-order chi connectivity index (χ1) is 10.5. The highest BCUT2D eigenvalue weighted by Crippen LogP contribution is 2.24. The molecule has 0 radical (unpaired) electrons. The van der Waals surface area contributed by atoms with Crippen LogP contribution in [0.4, 0.5) is 5.69 Å². The van der Waals surface area contributed by atoms with Gasteiger partial charge >= 0.3 is 5.97 Å². The van der Waals surface area contributed by atoms with Crippen molar-refractivity contribution in [3.8, 4) is 5.75 Å². The van der Waals surface area contributed by atoms with Gasteiger partial charge in [-0.2, -0.15) is 0 Å². The predicted octanol–water partition coefficient (Wildman–Crippen LogP) is 3.39. The van der Waals surface area contributed by atoms with E-state index < -0.39 is 5.97 Å². The zero-order valence-corrected chi connectivity index (χ0v) is 12.8. The first kappa shape index (κ1) is 15.9. The lowest BCUT2D eigenvalue weighted by atomic mass is 10.1. The average Bonchev–Trinajstić information content (AvgIpc) is 2.56. The summed E-state index contributed by atoms with van der Waals surface area (Å²) in [6.45, 7) is 0. The van der Waals surface area contributed by atoms with Crippen molar-refractivity contribution in [1.29, 1.82) is 0 Å². The van der Waals surface area contributed by atoms with Gasteiger partial charge in [-0.25, -0.2) is 4.79 Å². The van der Waals surface area contributed by atoms with E-state index in [4.69, 9.17) is 16.3 Å². The lowest BCUT2D eigenvalue weighted by Gasteiger charge is -2.09. The van der Waals surface area contributed by atoms with Gasteiger partial charge in [-0.1, -0.05) is 17.7 Å². The molecule has 0 saturated heterocycles. The van der Waals surface area contributed by atoms with E-state index in [1.807, 2.05) is 0 Å². The molecule has 22 heavy (non-hydrogen) atoms. The molecule has 5 nitrogen and oxygen atoms in total. The smallest absolute Gasteiger partial charge is 0.337 e. The van der Waals surface area contributed by atoms with E-state index in [1.54, 1.807) is 24.3 Å². The van der Waals surface area contributed by atoms with Crippen LogP contribution in [0.5, 0.6) is 5.75 Å². The summed E-state index contributed by atoms with van der Waals surface area (Å²) in [6.07, 6.45) is 0. The van der Waals surface area contributed by atoms with Crippen LogP contribution in [0.3, 0.4) is 0 Å². The molecule has 1 N–H and O–H groups in total. The second kappa shape index (κ2) is 6.95. The predicted molar refractivity (Wildman–Crippen MR) is 83.7 cm³/mol. The van der Waals surface area contributed by atoms with Crippen molar-refractivity contribution >= 4 is 29.2 Å². The first-order valence-corrected chi connectivity index (χ1v) is 6.76. The van der Waals surface area contributed by atoms with Crippen LogP contribution in [0.1, 0.15) is 20.7 Å². The van der Waals surface area contributed by atoms with Crippen LogP contribution in [0, 0.1) is 0 Å². The van der Waals surface area contributed by atoms with Crippen molar-refractivity contribution in [1.82, 2.24) is 0 Å². The minimum atomic E-state index is -0.506. The fourth-order valence-corrected chi connectivity index (χ4v) is 1.99. The summed E-state index contributed by atoms with van der Waals surface area (Å²) in [7, 11) is 2.80. The summed E-state index contributed by atoms with van der Waals surface area (Å²) in [5, 5.41) is 2.99. The Morgan fingerprint density at radius 3 is 2.50 bits per heavy atom. The van der Waals surface area contributed by atoms with Gasteiger partial charge in [-0.05, 0) is 36.4 Å². The number of carbonyl (C=O) groups excluding carboxylic acids is 2. The highest BCUT2D eigenvalue weighted by atomic mass is 35.5. The second-order valence-corrected chi connectivity index (χ2v) is 4.78. The highest BCUT2D eigenvalue weighted by Gasteiger charge is 2.13. The second-order valence-electron chi connectivity index (χ2n) is 4.37. The molecule has 0 aromatic heterocycles. The van der Waals surface area contributed by atoms with Gasteiger partial charge in [0.25, 0.3) is 5.91 Å². The molecule has 2 aromatic carbocycles. The summed E-state index contributed by atoms with van der Waals surface area (Å²) < 4.78 is 9.72. The minimum absolute atomic E-state index is 0.299. The standard InChI is InChI=1S/C16H14ClNO4/c1-21-12-5-3-4-10(8-12)15(19)18-14-9-11(16(20)22-2)6-7-13(14)17/h3-9H,1-2H3,(H,18,19). The van der Waals surface area contributed by atoms with E-state index in [0.29, 0.717) is 27.6 Å². The quantitative estimate of drug-likeness (QED) is 0.877. The maximum atomic E-state index is 12.2. The fourth-order valence-electron chi connectivity index (χ4n) is 1.82. The fraction of sp³-hybridized carbons (Fsp3) is 0.125. The molecule has 0 aliphatic heterocycles. The molecule has 0 aliphatic rings. The van der Waals surface area contributed by atoms with Crippen LogP contribution in [-0.4, -0.2) is 26.1 Å². The number of anilines is 1. The van der Waals surface area contributed by atoms with Crippen molar-refractivity contribution in [2.75, 3.05) is 19.5 Å². The number of amides is 1. The van der Waals surface area contributed by atoms with E-state index in [2.05, 4.69) is 10.1 Å². The highest BCUT2D eigenvalue weighted by molar-refractivity contribution is 6.34. The van der Waals surface area contributed by atoms with Crippen LogP contribution < -0.4 is 10.1 Å². The SMILES string of the molecule is COC(=O)c1ccc(Cl)c(NC(=O)c2cccc(OC)c2)c1. The third-order valence-corrected chi connectivity index (χ3v) is 3.30. The van der Waals surface area contributed by atoms with Crippen molar-refractivity contribution in [2.45, 2.75) is 0 Å². The first-order valence-electron chi connectivity index (χ1n) is 6.38. The van der Waals surface area contributed by atoms with Crippen LogP contribution in [0.25, 0.3) is 0 Å². The molecule has 0 bridgehead atoms. The maximum absolute atomic E-state index is 12.2. The van der Waals surface area contributed by atoms with Gasteiger partial charge in [-0.15, -0.1) is 0 Å². The van der Waals surface area contributed by atoms with Crippen molar-refractivity contribution in [3.05, 3.63) is 58.6 Å². The Balaban J connectivity index is 2.25. The topological polar surface area (TPSA) is 64.6 Å². The van der Waals surface area contributed by atoms with Gasteiger partial charge in [0.1, 0.15) is 5.75 Å². The molecule has 0 fully saturated rings. The summed E-state index contributed by atoms with van der Waals surface area (Å²) in [6, 6.07) is 11.2. The van der Waals surface area contributed by atoms with E-state index in [0.717, 1.165) is 0 Å². The van der Waals surface area contributed by atoms with Gasteiger partial charge in [0.05, 0.1) is 30.5 Å². The largest absolute Gasteiger partial charge is 0.497 e. The molecule has 114 valence electrons. The Morgan fingerprint density at radius 2 is 1.82 bits per heavy atom. The third kappa shape index (κ3) is 3.56. The molecular weight excluding hydrogens is 306 g/mol. The Labute approximate surface area is 132 Å². The molecule has 0 atom stereocenters. The van der Waals surface area contributed by atoms with Gasteiger partial charge in [-0.3, -0.25) is 4.79 Å². The number of methoxy groups -OCH3 is 2. The number of halogens is 1. The van der Waals surface area contributed by atoms with Crippen molar-refractivity contribution in [3.63, 3.8) is 0 Å². The van der Waals surface area contributed by atoms with Crippen LogP contribution in [0.15, 0.2) is 42.5 Å². The molecule has 2 rings (SSSR count). The van der Waals surface area contributed by atoms with Gasteiger partial charge in [0.15, 0.2) is 0 Å². The number of esters is 1. The van der Waals surface area contributed by atoms with Gasteiger partial charge < -0.3 is 14.8 Å². The molecule has 0 heterocycles. The molecule has 0 aliphatic carbocycles. The number of ether oxygens (including phenoxy) is 2. The Bertz CT molecular complexity index is 715. The minimum Gasteiger partial charge on any atom is -0.497 e. The monoisotopic (exact) mass is 319 g/mol. The van der Waals surface area contributed by atoms with Gasteiger partial charge in [0.2, 0.25) is 0 Å². The van der Waals surface area contributed by atoms with E-state index in [1.165, 1.54) is 32.4 Å². The Hall–Kier alpha value is -2.53. The van der Waals surface area contributed by atoms with Crippen molar-refractivity contribution in [2.24, 2.45) is 0 Å². The average molecular weight is 320 g/mol. The molecule has 1 amide bonds. The lowest BCUT2D eigenvalue weighted by Crippen LogP contribution is -2.13. The molecular formula is C16H14ClNO4. The van der Waals surface area contributed by atoms with Gasteiger partial charge in [0, 0.05) is 5.56 Å². The normalized spacial score (nSPS) is 9.95. The maximum Gasteiger partial charge on any atom is 0.337 e. The number of carbonyl (C=O) groups is 2. The number of nitrogens with one attached hydrogen (secondary N) is 1. The van der Waals surface area contributed by atoms with Crippen LogP contribution in [0.2, 0.25) is 5.02 Å². The number of hydrogen-bond acceptors (Lipinski definition) is 4. The zero-order chi connectivity index (χ0) is 16.1.